The molecule has 0 radical (unpaired) electrons. The summed E-state index contributed by atoms with van der Waals surface area (Å²) in [5.41, 5.74) is 2.63. The second kappa shape index (κ2) is 10.6. The summed E-state index contributed by atoms with van der Waals surface area (Å²) < 4.78 is 11.1. The van der Waals surface area contributed by atoms with Crippen LogP contribution < -0.4 is 0 Å². The quantitative estimate of drug-likeness (QED) is 0.487. The predicted molar refractivity (Wildman–Crippen MR) is 116 cm³/mol. The van der Waals surface area contributed by atoms with Gasteiger partial charge >= 0.3 is 0 Å². The molecule has 3 aromatic rings. The number of hydrogen-bond acceptors (Lipinski definition) is 7. The van der Waals surface area contributed by atoms with Crippen molar-refractivity contribution in [3.8, 4) is 0 Å². The Bertz CT molecular complexity index is 911. The lowest BCUT2D eigenvalue weighted by Crippen LogP contribution is -2.39. The van der Waals surface area contributed by atoms with E-state index in [-0.39, 0.29) is 5.91 Å². The minimum atomic E-state index is 0.0843. The molecule has 8 heteroatoms. The molecular weight excluding hydrogens is 400 g/mol. The average molecular weight is 427 g/mol. The maximum absolute atomic E-state index is 13.0. The fourth-order valence-electron chi connectivity index (χ4n) is 3.44. The number of aromatic nitrogens is 2. The van der Waals surface area contributed by atoms with Gasteiger partial charge in [-0.15, -0.1) is 0 Å². The van der Waals surface area contributed by atoms with Gasteiger partial charge in [0.2, 0.25) is 5.91 Å². The van der Waals surface area contributed by atoms with E-state index in [4.69, 9.17) is 9.15 Å². The van der Waals surface area contributed by atoms with Gasteiger partial charge in [-0.25, -0.2) is 4.98 Å². The zero-order chi connectivity index (χ0) is 20.6. The van der Waals surface area contributed by atoms with Crippen LogP contribution in [0.15, 0.2) is 58.4 Å². The Labute approximate surface area is 180 Å². The molecule has 30 heavy (non-hydrogen) atoms. The monoisotopic (exact) mass is 426 g/mol. The number of pyridine rings is 1. The Balaban J connectivity index is 1.34. The molecule has 2 aromatic heterocycles. The van der Waals surface area contributed by atoms with Gasteiger partial charge < -0.3 is 14.1 Å². The summed E-state index contributed by atoms with van der Waals surface area (Å²) in [5.74, 6) is 0.385. The zero-order valence-corrected chi connectivity index (χ0v) is 17.7. The number of ether oxygens (including phenoxy) is 1. The van der Waals surface area contributed by atoms with E-state index >= 15 is 0 Å². The number of para-hydroxylation sites is 2. The van der Waals surface area contributed by atoms with Crippen molar-refractivity contribution >= 4 is 28.8 Å². The molecule has 0 N–H and O–H groups in total. The van der Waals surface area contributed by atoms with Gasteiger partial charge in [0.1, 0.15) is 5.52 Å². The second-order valence-electron chi connectivity index (χ2n) is 7.21. The lowest BCUT2D eigenvalue weighted by molar-refractivity contribution is -0.129. The first-order valence-electron chi connectivity index (χ1n) is 10.2. The van der Waals surface area contributed by atoms with Gasteiger partial charge in [0.05, 0.1) is 19.0 Å². The SMILES string of the molecule is O=C(CSc1nc2ccccc2o1)N(CCCN1CCOCC1)Cc1ccncc1. The minimum Gasteiger partial charge on any atom is -0.431 e. The Morgan fingerprint density at radius 2 is 1.93 bits per heavy atom. The van der Waals surface area contributed by atoms with Crippen LogP contribution in [0.4, 0.5) is 0 Å². The van der Waals surface area contributed by atoms with Crippen LogP contribution in [0.3, 0.4) is 0 Å². The number of oxazole rings is 1. The number of nitrogens with zero attached hydrogens (tertiary/aromatic N) is 4. The molecule has 1 aromatic carbocycles. The summed E-state index contributed by atoms with van der Waals surface area (Å²) in [6.07, 6.45) is 4.46. The van der Waals surface area contributed by atoms with Crippen LogP contribution >= 0.6 is 11.8 Å². The number of fused-ring (bicyclic) bond motifs is 1. The lowest BCUT2D eigenvalue weighted by atomic mass is 10.2. The standard InChI is InChI=1S/C22H26N4O3S/c27-21(17-30-22-24-19-4-1-2-5-20(19)29-22)26(16-18-6-8-23-9-7-18)11-3-10-25-12-14-28-15-13-25/h1-2,4-9H,3,10-17H2. The Morgan fingerprint density at radius 3 is 2.73 bits per heavy atom. The highest BCUT2D eigenvalue weighted by Crippen LogP contribution is 2.23. The fraction of sp³-hybridized carbons (Fsp3) is 0.409. The third-order valence-corrected chi connectivity index (χ3v) is 5.89. The van der Waals surface area contributed by atoms with Crippen molar-refractivity contribution in [3.63, 3.8) is 0 Å². The van der Waals surface area contributed by atoms with Gasteiger partial charge in [0.15, 0.2) is 5.58 Å². The summed E-state index contributed by atoms with van der Waals surface area (Å²) in [7, 11) is 0. The van der Waals surface area contributed by atoms with Crippen LogP contribution in [-0.2, 0) is 16.1 Å². The van der Waals surface area contributed by atoms with E-state index < -0.39 is 0 Å². The van der Waals surface area contributed by atoms with Crippen molar-refractivity contribution in [2.24, 2.45) is 0 Å². The second-order valence-corrected chi connectivity index (χ2v) is 8.14. The molecule has 0 bridgehead atoms. The Morgan fingerprint density at radius 1 is 1.13 bits per heavy atom. The van der Waals surface area contributed by atoms with Crippen LogP contribution in [0.1, 0.15) is 12.0 Å². The maximum Gasteiger partial charge on any atom is 0.257 e. The first-order chi connectivity index (χ1) is 14.8. The minimum absolute atomic E-state index is 0.0843. The molecule has 3 heterocycles. The van der Waals surface area contributed by atoms with Crippen LogP contribution in [0.25, 0.3) is 11.1 Å². The summed E-state index contributed by atoms with van der Waals surface area (Å²) in [4.78, 5) is 25.8. The van der Waals surface area contributed by atoms with Crippen LogP contribution in [0, 0.1) is 0 Å². The third-order valence-electron chi connectivity index (χ3n) is 5.07. The number of thioether (sulfide) groups is 1. The number of amides is 1. The van der Waals surface area contributed by atoms with E-state index in [0.29, 0.717) is 24.1 Å². The fourth-order valence-corrected chi connectivity index (χ4v) is 4.18. The molecule has 158 valence electrons. The van der Waals surface area contributed by atoms with E-state index in [1.165, 1.54) is 11.8 Å². The van der Waals surface area contributed by atoms with Gasteiger partial charge in [-0.1, -0.05) is 23.9 Å². The van der Waals surface area contributed by atoms with E-state index in [0.717, 1.165) is 55.9 Å². The predicted octanol–water partition coefficient (Wildman–Crippen LogP) is 3.07. The van der Waals surface area contributed by atoms with Crippen LogP contribution in [0.2, 0.25) is 0 Å². The highest BCUT2D eigenvalue weighted by molar-refractivity contribution is 7.99. The number of rotatable bonds is 9. The lowest BCUT2D eigenvalue weighted by Gasteiger charge is -2.28. The highest BCUT2D eigenvalue weighted by Gasteiger charge is 2.17. The molecule has 0 spiro atoms. The molecule has 0 saturated carbocycles. The first kappa shape index (κ1) is 20.8. The van der Waals surface area contributed by atoms with E-state index in [2.05, 4.69) is 14.9 Å². The molecule has 7 nitrogen and oxygen atoms in total. The van der Waals surface area contributed by atoms with Crippen molar-refractivity contribution in [3.05, 3.63) is 54.4 Å². The van der Waals surface area contributed by atoms with Crippen LogP contribution in [-0.4, -0.2) is 70.8 Å². The number of carbonyl (C=O) groups excluding carboxylic acids is 1. The molecule has 1 amide bonds. The van der Waals surface area contributed by atoms with Gasteiger partial charge in [-0.05, 0) is 36.2 Å². The topological polar surface area (TPSA) is 71.7 Å². The highest BCUT2D eigenvalue weighted by atomic mass is 32.2. The van der Waals surface area contributed by atoms with Crippen molar-refractivity contribution < 1.29 is 13.9 Å². The summed E-state index contributed by atoms with van der Waals surface area (Å²) in [6.45, 7) is 5.78. The number of morpholine rings is 1. The van der Waals surface area contributed by atoms with E-state index in [9.17, 15) is 4.79 Å². The van der Waals surface area contributed by atoms with Crippen molar-refractivity contribution in [2.75, 3.05) is 45.1 Å². The zero-order valence-electron chi connectivity index (χ0n) is 16.9. The largest absolute Gasteiger partial charge is 0.431 e. The average Bonchev–Trinajstić information content (AvgIpc) is 3.21. The van der Waals surface area contributed by atoms with Gasteiger partial charge in [-0.2, -0.15) is 0 Å². The summed E-state index contributed by atoms with van der Waals surface area (Å²) >= 11 is 1.35. The first-order valence-corrected chi connectivity index (χ1v) is 11.2. The molecule has 1 saturated heterocycles. The van der Waals surface area contributed by atoms with E-state index in [1.807, 2.05) is 41.3 Å². The molecule has 1 aliphatic heterocycles. The Hall–Kier alpha value is -2.42. The van der Waals surface area contributed by atoms with Crippen molar-refractivity contribution in [1.82, 2.24) is 19.8 Å². The smallest absolute Gasteiger partial charge is 0.257 e. The maximum atomic E-state index is 13.0. The molecule has 4 rings (SSSR count). The van der Waals surface area contributed by atoms with Crippen LogP contribution in [0.5, 0.6) is 0 Å². The number of benzene rings is 1. The summed E-state index contributed by atoms with van der Waals surface area (Å²) in [5, 5.41) is 0.529. The third kappa shape index (κ3) is 5.81. The van der Waals surface area contributed by atoms with Crippen molar-refractivity contribution in [1.29, 1.82) is 0 Å². The molecule has 0 atom stereocenters. The number of carbonyl (C=O) groups is 1. The Kier molecular flexibility index (Phi) is 7.34. The molecule has 1 fully saturated rings. The molecule has 0 aliphatic carbocycles. The molecular formula is C22H26N4O3S. The molecule has 0 unspecified atom stereocenters. The molecule has 1 aliphatic rings. The van der Waals surface area contributed by atoms with Crippen molar-refractivity contribution in [2.45, 2.75) is 18.2 Å². The number of hydrogen-bond donors (Lipinski definition) is 0. The van der Waals surface area contributed by atoms with E-state index in [1.54, 1.807) is 12.4 Å². The van der Waals surface area contributed by atoms with Gasteiger partial charge in [-0.3, -0.25) is 14.7 Å². The van der Waals surface area contributed by atoms with Gasteiger partial charge in [0.25, 0.3) is 5.22 Å². The summed E-state index contributed by atoms with van der Waals surface area (Å²) in [6, 6.07) is 11.5. The van der Waals surface area contributed by atoms with Gasteiger partial charge in [0, 0.05) is 45.1 Å². The normalized spacial score (nSPS) is 14.8.